The second kappa shape index (κ2) is 5.65. The SMILES string of the molecule is CC(=O)Nc1ccc(S(=O)(=O)CC(C)C#N)cc1. The highest BCUT2D eigenvalue weighted by Crippen LogP contribution is 2.17. The van der Waals surface area contributed by atoms with Gasteiger partial charge in [-0.05, 0) is 31.2 Å². The van der Waals surface area contributed by atoms with E-state index in [0.717, 1.165) is 0 Å². The van der Waals surface area contributed by atoms with Crippen molar-refractivity contribution in [3.8, 4) is 6.07 Å². The number of sulfone groups is 1. The Kier molecular flexibility index (Phi) is 4.45. The number of carbonyl (C=O) groups is 1. The van der Waals surface area contributed by atoms with Gasteiger partial charge in [0.2, 0.25) is 5.91 Å². The Morgan fingerprint density at radius 2 is 1.94 bits per heavy atom. The number of benzene rings is 1. The van der Waals surface area contributed by atoms with Crippen LogP contribution in [0.5, 0.6) is 0 Å². The van der Waals surface area contributed by atoms with E-state index < -0.39 is 15.8 Å². The molecule has 1 unspecified atom stereocenters. The van der Waals surface area contributed by atoms with Gasteiger partial charge < -0.3 is 5.32 Å². The third kappa shape index (κ3) is 3.86. The molecule has 6 heteroatoms. The summed E-state index contributed by atoms with van der Waals surface area (Å²) in [6.45, 7) is 2.93. The lowest BCUT2D eigenvalue weighted by atomic mass is 10.3. The van der Waals surface area contributed by atoms with Crippen molar-refractivity contribution >= 4 is 21.4 Å². The number of nitrogens with zero attached hydrogens (tertiary/aromatic N) is 1. The van der Waals surface area contributed by atoms with Crippen LogP contribution < -0.4 is 5.32 Å². The molecule has 1 aromatic rings. The maximum absolute atomic E-state index is 11.9. The molecule has 0 aromatic heterocycles. The molecule has 96 valence electrons. The topological polar surface area (TPSA) is 87.0 Å². The Balaban J connectivity index is 2.91. The van der Waals surface area contributed by atoms with Crippen molar-refractivity contribution in [3.63, 3.8) is 0 Å². The van der Waals surface area contributed by atoms with Gasteiger partial charge in [-0.2, -0.15) is 5.26 Å². The van der Waals surface area contributed by atoms with Crippen molar-refractivity contribution in [2.45, 2.75) is 18.7 Å². The van der Waals surface area contributed by atoms with Crippen molar-refractivity contribution in [3.05, 3.63) is 24.3 Å². The summed E-state index contributed by atoms with van der Waals surface area (Å²) in [6.07, 6.45) is 0. The highest BCUT2D eigenvalue weighted by molar-refractivity contribution is 7.91. The maximum atomic E-state index is 11.9. The minimum atomic E-state index is -3.45. The normalized spacial score (nSPS) is 12.5. The molecule has 1 rings (SSSR count). The van der Waals surface area contributed by atoms with E-state index in [1.54, 1.807) is 6.92 Å². The van der Waals surface area contributed by atoms with Crippen LogP contribution in [-0.4, -0.2) is 20.1 Å². The summed E-state index contributed by atoms with van der Waals surface area (Å²) in [5, 5.41) is 11.2. The van der Waals surface area contributed by atoms with Gasteiger partial charge in [-0.25, -0.2) is 8.42 Å². The third-order valence-corrected chi connectivity index (χ3v) is 4.15. The number of nitrogens with one attached hydrogen (secondary N) is 1. The van der Waals surface area contributed by atoms with E-state index in [9.17, 15) is 13.2 Å². The fourth-order valence-corrected chi connectivity index (χ4v) is 2.89. The Bertz CT molecular complexity index is 570. The zero-order valence-corrected chi connectivity index (χ0v) is 11.0. The average molecular weight is 266 g/mol. The number of amides is 1. The van der Waals surface area contributed by atoms with Crippen LogP contribution in [0.1, 0.15) is 13.8 Å². The molecule has 5 nitrogen and oxygen atoms in total. The van der Waals surface area contributed by atoms with Crippen molar-refractivity contribution in [1.82, 2.24) is 0 Å². The highest BCUT2D eigenvalue weighted by Gasteiger charge is 2.18. The van der Waals surface area contributed by atoms with Crippen LogP contribution in [0.4, 0.5) is 5.69 Å². The summed E-state index contributed by atoms with van der Waals surface area (Å²) in [4.78, 5) is 11.0. The Morgan fingerprint density at radius 3 is 2.39 bits per heavy atom. The van der Waals surface area contributed by atoms with Crippen molar-refractivity contribution in [1.29, 1.82) is 5.26 Å². The first-order chi connectivity index (χ1) is 8.35. The third-order valence-electron chi connectivity index (χ3n) is 2.22. The number of carbonyl (C=O) groups excluding carboxylic acids is 1. The fraction of sp³-hybridized carbons (Fsp3) is 0.333. The summed E-state index contributed by atoms with van der Waals surface area (Å²) in [7, 11) is -3.45. The van der Waals surface area contributed by atoms with Gasteiger partial charge in [0, 0.05) is 12.6 Å². The number of hydrogen-bond donors (Lipinski definition) is 1. The molecule has 0 saturated heterocycles. The molecule has 0 spiro atoms. The molecule has 1 aromatic carbocycles. The maximum Gasteiger partial charge on any atom is 0.221 e. The van der Waals surface area contributed by atoms with Crippen LogP contribution >= 0.6 is 0 Å². The molecular formula is C12H14N2O3S. The Morgan fingerprint density at radius 1 is 1.39 bits per heavy atom. The van der Waals surface area contributed by atoms with E-state index in [1.165, 1.54) is 31.2 Å². The molecule has 0 heterocycles. The van der Waals surface area contributed by atoms with E-state index >= 15 is 0 Å². The molecule has 0 saturated carbocycles. The van der Waals surface area contributed by atoms with E-state index in [1.807, 2.05) is 6.07 Å². The van der Waals surface area contributed by atoms with Gasteiger partial charge in [0.05, 0.1) is 22.6 Å². The Hall–Kier alpha value is -1.87. The fourth-order valence-electron chi connectivity index (χ4n) is 1.41. The van der Waals surface area contributed by atoms with Gasteiger partial charge in [0.15, 0.2) is 9.84 Å². The van der Waals surface area contributed by atoms with E-state index in [0.29, 0.717) is 5.69 Å². The second-order valence-electron chi connectivity index (χ2n) is 4.02. The van der Waals surface area contributed by atoms with Crippen LogP contribution in [0.25, 0.3) is 0 Å². The van der Waals surface area contributed by atoms with Gasteiger partial charge in [-0.1, -0.05) is 0 Å². The second-order valence-corrected chi connectivity index (χ2v) is 6.05. The molecule has 0 fully saturated rings. The van der Waals surface area contributed by atoms with E-state index in [4.69, 9.17) is 5.26 Å². The van der Waals surface area contributed by atoms with E-state index in [-0.39, 0.29) is 16.6 Å². The summed E-state index contributed by atoms with van der Waals surface area (Å²) in [5.74, 6) is -0.975. The standard InChI is InChI=1S/C12H14N2O3S/c1-9(7-13)8-18(16,17)12-5-3-11(4-6-12)14-10(2)15/h3-6,9H,8H2,1-2H3,(H,14,15). The molecule has 18 heavy (non-hydrogen) atoms. The van der Waals surface area contributed by atoms with Crippen LogP contribution in [-0.2, 0) is 14.6 Å². The molecule has 0 aliphatic heterocycles. The van der Waals surface area contributed by atoms with Crippen LogP contribution in [0.3, 0.4) is 0 Å². The lowest BCUT2D eigenvalue weighted by Crippen LogP contribution is -2.13. The molecular weight excluding hydrogens is 252 g/mol. The zero-order valence-electron chi connectivity index (χ0n) is 10.2. The van der Waals surface area contributed by atoms with Gasteiger partial charge >= 0.3 is 0 Å². The molecule has 1 amide bonds. The minimum Gasteiger partial charge on any atom is -0.326 e. The van der Waals surface area contributed by atoms with Crippen molar-refractivity contribution in [2.24, 2.45) is 5.92 Å². The summed E-state index contributed by atoms with van der Waals surface area (Å²) in [6, 6.07) is 7.77. The van der Waals surface area contributed by atoms with Gasteiger partial charge in [0.25, 0.3) is 0 Å². The monoisotopic (exact) mass is 266 g/mol. The first-order valence-electron chi connectivity index (χ1n) is 5.35. The van der Waals surface area contributed by atoms with Crippen LogP contribution in [0.15, 0.2) is 29.2 Å². The van der Waals surface area contributed by atoms with Gasteiger partial charge in [-0.15, -0.1) is 0 Å². The Labute approximate surface area is 106 Å². The smallest absolute Gasteiger partial charge is 0.221 e. The molecule has 1 atom stereocenters. The molecule has 0 aliphatic carbocycles. The molecule has 0 bridgehead atoms. The predicted molar refractivity (Wildman–Crippen MR) is 67.6 cm³/mol. The van der Waals surface area contributed by atoms with Crippen LogP contribution in [0, 0.1) is 17.2 Å². The zero-order chi connectivity index (χ0) is 13.8. The highest BCUT2D eigenvalue weighted by atomic mass is 32.2. The quantitative estimate of drug-likeness (QED) is 0.896. The first-order valence-corrected chi connectivity index (χ1v) is 7.00. The molecule has 1 N–H and O–H groups in total. The molecule has 0 aliphatic rings. The summed E-state index contributed by atoms with van der Waals surface area (Å²) in [5.41, 5.74) is 0.537. The number of nitriles is 1. The predicted octanol–water partition coefficient (Wildman–Crippen LogP) is 1.58. The summed E-state index contributed by atoms with van der Waals surface area (Å²) >= 11 is 0. The van der Waals surface area contributed by atoms with Crippen LogP contribution in [0.2, 0.25) is 0 Å². The van der Waals surface area contributed by atoms with E-state index in [2.05, 4.69) is 5.32 Å². The average Bonchev–Trinajstić information content (AvgIpc) is 2.28. The molecule has 0 radical (unpaired) electrons. The minimum absolute atomic E-state index is 0.152. The summed E-state index contributed by atoms with van der Waals surface area (Å²) < 4.78 is 23.8. The first kappa shape index (κ1) is 14.2. The largest absolute Gasteiger partial charge is 0.326 e. The van der Waals surface area contributed by atoms with Gasteiger partial charge in [0.1, 0.15) is 0 Å². The lowest BCUT2D eigenvalue weighted by Gasteiger charge is -2.07. The van der Waals surface area contributed by atoms with Crippen molar-refractivity contribution < 1.29 is 13.2 Å². The van der Waals surface area contributed by atoms with Gasteiger partial charge in [-0.3, -0.25) is 4.79 Å². The van der Waals surface area contributed by atoms with Crippen molar-refractivity contribution in [2.75, 3.05) is 11.1 Å². The lowest BCUT2D eigenvalue weighted by molar-refractivity contribution is -0.114. The number of anilines is 1. The number of rotatable bonds is 4. The number of hydrogen-bond acceptors (Lipinski definition) is 4.